The number of aryl methyl sites for hydroxylation is 1. The van der Waals surface area contributed by atoms with E-state index >= 15 is 0 Å². The van der Waals surface area contributed by atoms with Crippen molar-refractivity contribution in [1.29, 1.82) is 0 Å². The summed E-state index contributed by atoms with van der Waals surface area (Å²) in [4.78, 5) is 12.4. The van der Waals surface area contributed by atoms with Crippen molar-refractivity contribution < 1.29 is 4.79 Å². The van der Waals surface area contributed by atoms with Crippen molar-refractivity contribution >= 4 is 5.78 Å². The Morgan fingerprint density at radius 1 is 0.850 bits per heavy atom. The van der Waals surface area contributed by atoms with Gasteiger partial charge in [0.15, 0.2) is 5.78 Å². The van der Waals surface area contributed by atoms with Crippen molar-refractivity contribution in [1.82, 2.24) is 0 Å². The Kier molecular flexibility index (Phi) is 3.08. The number of benzene rings is 1. The highest BCUT2D eigenvalue weighted by Crippen LogP contribution is 2.47. The molecule has 0 unspecified atom stereocenters. The molecule has 108 valence electrons. The van der Waals surface area contributed by atoms with Crippen LogP contribution in [0.3, 0.4) is 0 Å². The molecule has 0 aliphatic heterocycles. The van der Waals surface area contributed by atoms with E-state index in [1.807, 2.05) is 0 Å². The summed E-state index contributed by atoms with van der Waals surface area (Å²) < 4.78 is 0. The van der Waals surface area contributed by atoms with Crippen LogP contribution in [0.1, 0.15) is 86.8 Å². The van der Waals surface area contributed by atoms with Gasteiger partial charge in [-0.15, -0.1) is 0 Å². The summed E-state index contributed by atoms with van der Waals surface area (Å²) in [7, 11) is 0. The van der Waals surface area contributed by atoms with Gasteiger partial charge in [0.05, 0.1) is 0 Å². The second kappa shape index (κ2) is 4.44. The lowest BCUT2D eigenvalue weighted by Gasteiger charge is -2.42. The zero-order valence-electron chi connectivity index (χ0n) is 13.3. The van der Waals surface area contributed by atoms with Gasteiger partial charge in [-0.1, -0.05) is 33.8 Å². The highest BCUT2D eigenvalue weighted by atomic mass is 16.1. The molecule has 0 bridgehead atoms. The molecule has 2 aliphatic carbocycles. The second-order valence-corrected chi connectivity index (χ2v) is 7.95. The highest BCUT2D eigenvalue weighted by Gasteiger charge is 2.38. The largest absolute Gasteiger partial charge is 0.294 e. The minimum Gasteiger partial charge on any atom is -0.294 e. The molecule has 0 fully saturated rings. The smallest absolute Gasteiger partial charge is 0.163 e. The first-order valence-corrected chi connectivity index (χ1v) is 8.02. The molecule has 1 aromatic carbocycles. The maximum atomic E-state index is 12.4. The molecule has 3 rings (SSSR count). The Bertz CT molecular complexity index is 563. The van der Waals surface area contributed by atoms with Gasteiger partial charge in [0.1, 0.15) is 0 Å². The minimum absolute atomic E-state index is 0.201. The van der Waals surface area contributed by atoms with Gasteiger partial charge >= 0.3 is 0 Å². The number of hydrogen-bond donors (Lipinski definition) is 0. The van der Waals surface area contributed by atoms with E-state index < -0.39 is 0 Å². The van der Waals surface area contributed by atoms with Crippen LogP contribution in [-0.2, 0) is 17.3 Å². The lowest BCUT2D eigenvalue weighted by molar-refractivity contribution is 0.0981. The maximum absolute atomic E-state index is 12.4. The molecule has 0 atom stereocenters. The van der Waals surface area contributed by atoms with Crippen molar-refractivity contribution in [3.05, 3.63) is 34.4 Å². The molecule has 0 spiro atoms. The van der Waals surface area contributed by atoms with Gasteiger partial charge in [-0.25, -0.2) is 0 Å². The van der Waals surface area contributed by atoms with E-state index in [9.17, 15) is 4.79 Å². The molecule has 1 aromatic rings. The number of rotatable bonds is 0. The van der Waals surface area contributed by atoms with Crippen LogP contribution in [0.2, 0.25) is 0 Å². The summed E-state index contributed by atoms with van der Waals surface area (Å²) in [6, 6.07) is 4.62. The molecular formula is C19H26O. The average molecular weight is 270 g/mol. The first-order chi connectivity index (χ1) is 9.31. The van der Waals surface area contributed by atoms with Crippen LogP contribution < -0.4 is 0 Å². The molecule has 0 N–H and O–H groups in total. The lowest BCUT2D eigenvalue weighted by Crippen LogP contribution is -2.34. The molecule has 1 heteroatoms. The van der Waals surface area contributed by atoms with E-state index in [4.69, 9.17) is 0 Å². The SMILES string of the molecule is CC1(C)CCC(C)(C)c2cc3c(cc21)CCCCC3=O. The van der Waals surface area contributed by atoms with Crippen LogP contribution in [0, 0.1) is 0 Å². The van der Waals surface area contributed by atoms with Gasteiger partial charge < -0.3 is 0 Å². The van der Waals surface area contributed by atoms with Gasteiger partial charge in [-0.05, 0) is 65.7 Å². The van der Waals surface area contributed by atoms with Crippen LogP contribution in [0.5, 0.6) is 0 Å². The third-order valence-corrected chi connectivity index (χ3v) is 5.48. The summed E-state index contributed by atoms with van der Waals surface area (Å²) in [5.74, 6) is 0.361. The van der Waals surface area contributed by atoms with Crippen molar-refractivity contribution in [3.63, 3.8) is 0 Å². The number of carbonyl (C=O) groups excluding carboxylic acids is 1. The van der Waals surface area contributed by atoms with E-state index in [1.54, 1.807) is 0 Å². The van der Waals surface area contributed by atoms with Crippen molar-refractivity contribution in [2.45, 2.75) is 77.0 Å². The summed E-state index contributed by atoms with van der Waals surface area (Å²) in [5, 5.41) is 0. The van der Waals surface area contributed by atoms with Gasteiger partial charge in [-0.2, -0.15) is 0 Å². The zero-order valence-corrected chi connectivity index (χ0v) is 13.3. The fraction of sp³-hybridized carbons (Fsp3) is 0.632. The Balaban J connectivity index is 2.23. The average Bonchev–Trinajstić information content (AvgIpc) is 2.56. The van der Waals surface area contributed by atoms with Crippen molar-refractivity contribution in [3.8, 4) is 0 Å². The highest BCUT2D eigenvalue weighted by molar-refractivity contribution is 5.98. The Morgan fingerprint density at radius 2 is 1.40 bits per heavy atom. The topological polar surface area (TPSA) is 17.1 Å². The molecule has 0 saturated carbocycles. The first-order valence-electron chi connectivity index (χ1n) is 8.02. The molecule has 0 aromatic heterocycles. The summed E-state index contributed by atoms with van der Waals surface area (Å²) in [5.41, 5.74) is 5.68. The molecule has 2 aliphatic rings. The minimum atomic E-state index is 0.201. The van der Waals surface area contributed by atoms with Gasteiger partial charge in [-0.3, -0.25) is 4.79 Å². The fourth-order valence-electron chi connectivity index (χ4n) is 3.86. The van der Waals surface area contributed by atoms with Gasteiger partial charge in [0.2, 0.25) is 0 Å². The predicted octanol–water partition coefficient (Wildman–Crippen LogP) is 4.94. The maximum Gasteiger partial charge on any atom is 0.163 e. The normalized spacial score (nSPS) is 23.7. The molecule has 1 nitrogen and oxygen atoms in total. The van der Waals surface area contributed by atoms with Crippen LogP contribution in [0.4, 0.5) is 0 Å². The quantitative estimate of drug-likeness (QED) is 0.610. The molecule has 0 heterocycles. The predicted molar refractivity (Wildman–Crippen MR) is 83.6 cm³/mol. The Morgan fingerprint density at radius 3 is 2.05 bits per heavy atom. The zero-order chi connectivity index (χ0) is 14.5. The fourth-order valence-corrected chi connectivity index (χ4v) is 3.86. The molecular weight excluding hydrogens is 244 g/mol. The van der Waals surface area contributed by atoms with E-state index in [0.717, 1.165) is 31.2 Å². The van der Waals surface area contributed by atoms with E-state index in [0.29, 0.717) is 5.78 Å². The van der Waals surface area contributed by atoms with E-state index in [-0.39, 0.29) is 10.8 Å². The molecule has 0 amide bonds. The van der Waals surface area contributed by atoms with Crippen LogP contribution in [-0.4, -0.2) is 5.78 Å². The molecule has 20 heavy (non-hydrogen) atoms. The third kappa shape index (κ3) is 2.12. The molecule has 0 saturated heterocycles. The van der Waals surface area contributed by atoms with Crippen molar-refractivity contribution in [2.75, 3.05) is 0 Å². The standard InChI is InChI=1S/C19H26O/c1-18(2)9-10-19(3,4)16-12-14-13(11-15(16)18)7-5-6-8-17(14)20/h11-12H,5-10H2,1-4H3. The van der Waals surface area contributed by atoms with E-state index in [2.05, 4.69) is 39.8 Å². The third-order valence-electron chi connectivity index (χ3n) is 5.48. The number of fused-ring (bicyclic) bond motifs is 2. The molecule has 0 radical (unpaired) electrons. The van der Waals surface area contributed by atoms with Gasteiger partial charge in [0, 0.05) is 12.0 Å². The first kappa shape index (κ1) is 13.9. The summed E-state index contributed by atoms with van der Waals surface area (Å²) in [6.45, 7) is 9.36. The number of carbonyl (C=O) groups is 1. The Labute approximate surface area is 122 Å². The summed E-state index contributed by atoms with van der Waals surface area (Å²) >= 11 is 0. The van der Waals surface area contributed by atoms with Crippen LogP contribution in [0.25, 0.3) is 0 Å². The van der Waals surface area contributed by atoms with Gasteiger partial charge in [0.25, 0.3) is 0 Å². The number of Topliss-reactive ketones (excluding diaryl/α,β-unsaturated/α-hetero) is 1. The lowest BCUT2D eigenvalue weighted by atomic mass is 9.62. The monoisotopic (exact) mass is 270 g/mol. The summed E-state index contributed by atoms with van der Waals surface area (Å²) in [6.07, 6.45) is 6.45. The van der Waals surface area contributed by atoms with Crippen molar-refractivity contribution in [2.24, 2.45) is 0 Å². The Hall–Kier alpha value is -1.11. The second-order valence-electron chi connectivity index (χ2n) is 7.95. The van der Waals surface area contributed by atoms with E-state index in [1.165, 1.54) is 29.5 Å². The van der Waals surface area contributed by atoms with Crippen LogP contribution >= 0.6 is 0 Å². The van der Waals surface area contributed by atoms with Crippen LogP contribution in [0.15, 0.2) is 12.1 Å². The number of hydrogen-bond acceptors (Lipinski definition) is 1. The number of ketones is 1.